The molecule has 4 heteroatoms. The molecule has 1 aromatic heterocycles. The van der Waals surface area contributed by atoms with Gasteiger partial charge in [0.25, 0.3) is 0 Å². The van der Waals surface area contributed by atoms with Gasteiger partial charge in [0.1, 0.15) is 0 Å². The van der Waals surface area contributed by atoms with Crippen LogP contribution in [0.5, 0.6) is 0 Å². The Hall–Kier alpha value is -1.61. The van der Waals surface area contributed by atoms with Crippen LogP contribution in [0.3, 0.4) is 0 Å². The summed E-state index contributed by atoms with van der Waals surface area (Å²) < 4.78 is 0. The molecule has 1 aromatic carbocycles. The molecule has 3 nitrogen and oxygen atoms in total. The Morgan fingerprint density at radius 2 is 1.68 bits per heavy atom. The fraction of sp³-hybridized carbons (Fsp3) is 0.333. The fourth-order valence-electron chi connectivity index (χ4n) is 2.02. The van der Waals surface area contributed by atoms with Crippen molar-refractivity contribution in [2.24, 2.45) is 0 Å². The van der Waals surface area contributed by atoms with E-state index in [1.54, 1.807) is 0 Å². The van der Waals surface area contributed by atoms with E-state index in [1.807, 2.05) is 26.0 Å². The molecule has 0 radical (unpaired) electrons. The second-order valence-electron chi connectivity index (χ2n) is 4.76. The number of aryl methyl sites for hydroxylation is 3. The van der Waals surface area contributed by atoms with Crippen molar-refractivity contribution in [2.45, 2.75) is 33.7 Å². The molecule has 0 fully saturated rings. The van der Waals surface area contributed by atoms with E-state index in [-0.39, 0.29) is 6.04 Å². The molecule has 1 N–H and O–H groups in total. The van der Waals surface area contributed by atoms with E-state index in [4.69, 9.17) is 11.6 Å². The van der Waals surface area contributed by atoms with E-state index in [0.717, 1.165) is 11.4 Å². The van der Waals surface area contributed by atoms with Gasteiger partial charge in [0.05, 0.1) is 17.4 Å². The number of hydrogen-bond donors (Lipinski definition) is 1. The first-order chi connectivity index (χ1) is 8.99. The average molecular weight is 276 g/mol. The van der Waals surface area contributed by atoms with Crippen molar-refractivity contribution in [3.05, 3.63) is 51.9 Å². The molecular formula is C15H18ClN3. The van der Waals surface area contributed by atoms with Crippen molar-refractivity contribution >= 4 is 17.4 Å². The SMILES string of the molecule is Cc1ccccc1C(C)Nc1nc(C)c(C)nc1Cl. The van der Waals surface area contributed by atoms with Crippen LogP contribution in [0.4, 0.5) is 5.82 Å². The number of nitrogens with zero attached hydrogens (tertiary/aromatic N) is 2. The second kappa shape index (κ2) is 5.57. The maximum Gasteiger partial charge on any atom is 0.171 e. The zero-order valence-electron chi connectivity index (χ0n) is 11.7. The largest absolute Gasteiger partial charge is 0.361 e. The van der Waals surface area contributed by atoms with Crippen molar-refractivity contribution in [3.63, 3.8) is 0 Å². The van der Waals surface area contributed by atoms with E-state index >= 15 is 0 Å². The van der Waals surface area contributed by atoms with Gasteiger partial charge in [-0.25, -0.2) is 9.97 Å². The first kappa shape index (κ1) is 13.8. The van der Waals surface area contributed by atoms with Crippen LogP contribution >= 0.6 is 11.6 Å². The van der Waals surface area contributed by atoms with E-state index in [1.165, 1.54) is 11.1 Å². The highest BCUT2D eigenvalue weighted by atomic mass is 35.5. The number of nitrogens with one attached hydrogen (secondary N) is 1. The number of halogens is 1. The third-order valence-electron chi connectivity index (χ3n) is 3.27. The van der Waals surface area contributed by atoms with Crippen LogP contribution in [-0.2, 0) is 0 Å². The van der Waals surface area contributed by atoms with Crippen molar-refractivity contribution < 1.29 is 0 Å². The molecule has 100 valence electrons. The van der Waals surface area contributed by atoms with Crippen LogP contribution in [0.1, 0.15) is 35.5 Å². The smallest absolute Gasteiger partial charge is 0.171 e. The fourth-order valence-corrected chi connectivity index (χ4v) is 2.25. The summed E-state index contributed by atoms with van der Waals surface area (Å²) in [5.41, 5.74) is 4.23. The zero-order chi connectivity index (χ0) is 14.0. The third-order valence-corrected chi connectivity index (χ3v) is 3.54. The van der Waals surface area contributed by atoms with Crippen LogP contribution in [0.25, 0.3) is 0 Å². The van der Waals surface area contributed by atoms with E-state index in [9.17, 15) is 0 Å². The molecule has 1 heterocycles. The van der Waals surface area contributed by atoms with Crippen molar-refractivity contribution in [1.82, 2.24) is 9.97 Å². The topological polar surface area (TPSA) is 37.8 Å². The highest BCUT2D eigenvalue weighted by Crippen LogP contribution is 2.25. The predicted molar refractivity (Wildman–Crippen MR) is 79.7 cm³/mol. The van der Waals surface area contributed by atoms with Gasteiger partial charge in [0, 0.05) is 0 Å². The Morgan fingerprint density at radius 3 is 2.37 bits per heavy atom. The van der Waals surface area contributed by atoms with Gasteiger partial charge in [-0.1, -0.05) is 35.9 Å². The minimum absolute atomic E-state index is 0.134. The highest BCUT2D eigenvalue weighted by molar-refractivity contribution is 6.31. The molecule has 0 bridgehead atoms. The lowest BCUT2D eigenvalue weighted by molar-refractivity contribution is 0.856. The summed E-state index contributed by atoms with van der Waals surface area (Å²) in [4.78, 5) is 8.74. The maximum absolute atomic E-state index is 6.14. The molecule has 0 amide bonds. The Kier molecular flexibility index (Phi) is 4.05. The summed E-state index contributed by atoms with van der Waals surface area (Å²) in [7, 11) is 0. The van der Waals surface area contributed by atoms with Crippen molar-refractivity contribution in [3.8, 4) is 0 Å². The minimum atomic E-state index is 0.134. The summed E-state index contributed by atoms with van der Waals surface area (Å²) in [6.07, 6.45) is 0. The molecule has 2 aromatic rings. The Balaban J connectivity index is 2.27. The number of hydrogen-bond acceptors (Lipinski definition) is 3. The molecule has 0 spiro atoms. The van der Waals surface area contributed by atoms with Gasteiger partial charge in [-0.2, -0.15) is 0 Å². The lowest BCUT2D eigenvalue weighted by atomic mass is 10.0. The molecule has 2 rings (SSSR count). The predicted octanol–water partition coefficient (Wildman–Crippen LogP) is 4.23. The second-order valence-corrected chi connectivity index (χ2v) is 5.11. The Labute approximate surface area is 119 Å². The molecule has 0 saturated heterocycles. The summed E-state index contributed by atoms with van der Waals surface area (Å²) in [5, 5.41) is 3.75. The van der Waals surface area contributed by atoms with Crippen LogP contribution in [-0.4, -0.2) is 9.97 Å². The Morgan fingerprint density at radius 1 is 1.05 bits per heavy atom. The molecule has 1 unspecified atom stereocenters. The first-order valence-corrected chi connectivity index (χ1v) is 6.69. The molecule has 0 aliphatic rings. The molecule has 1 atom stereocenters. The molecule has 0 saturated carbocycles. The average Bonchev–Trinajstić information content (AvgIpc) is 2.36. The summed E-state index contributed by atoms with van der Waals surface area (Å²) >= 11 is 6.14. The van der Waals surface area contributed by atoms with Gasteiger partial charge in [0.15, 0.2) is 11.0 Å². The molecule has 19 heavy (non-hydrogen) atoms. The van der Waals surface area contributed by atoms with Crippen molar-refractivity contribution in [2.75, 3.05) is 5.32 Å². The first-order valence-electron chi connectivity index (χ1n) is 6.32. The zero-order valence-corrected chi connectivity index (χ0v) is 12.4. The Bertz CT molecular complexity index is 596. The van der Waals surface area contributed by atoms with Gasteiger partial charge in [0.2, 0.25) is 0 Å². The molecule has 0 aliphatic heterocycles. The number of anilines is 1. The maximum atomic E-state index is 6.14. The van der Waals surface area contributed by atoms with Crippen LogP contribution in [0.2, 0.25) is 5.15 Å². The van der Waals surface area contributed by atoms with Crippen LogP contribution in [0, 0.1) is 20.8 Å². The van der Waals surface area contributed by atoms with Gasteiger partial charge in [-0.15, -0.1) is 0 Å². The van der Waals surface area contributed by atoms with Crippen molar-refractivity contribution in [1.29, 1.82) is 0 Å². The standard InChI is InChI=1S/C15H18ClN3/c1-9-7-5-6-8-13(9)12(4)19-15-14(16)17-10(2)11(3)18-15/h5-8,12H,1-4H3,(H,18,19). The number of rotatable bonds is 3. The summed E-state index contributed by atoms with van der Waals surface area (Å²) in [6.45, 7) is 8.03. The van der Waals surface area contributed by atoms with Gasteiger partial charge >= 0.3 is 0 Å². The monoisotopic (exact) mass is 275 g/mol. The number of aromatic nitrogens is 2. The van der Waals surface area contributed by atoms with Crippen LogP contribution < -0.4 is 5.32 Å². The van der Waals surface area contributed by atoms with Gasteiger partial charge in [-0.05, 0) is 38.8 Å². The molecular weight excluding hydrogens is 258 g/mol. The van der Waals surface area contributed by atoms with E-state index in [2.05, 4.69) is 41.3 Å². The summed E-state index contributed by atoms with van der Waals surface area (Å²) in [6, 6.07) is 8.41. The van der Waals surface area contributed by atoms with E-state index in [0.29, 0.717) is 11.0 Å². The summed E-state index contributed by atoms with van der Waals surface area (Å²) in [5.74, 6) is 0.639. The highest BCUT2D eigenvalue weighted by Gasteiger charge is 2.12. The van der Waals surface area contributed by atoms with Gasteiger partial charge in [-0.3, -0.25) is 0 Å². The number of benzene rings is 1. The lowest BCUT2D eigenvalue weighted by Crippen LogP contribution is -2.11. The van der Waals surface area contributed by atoms with Crippen LogP contribution in [0.15, 0.2) is 24.3 Å². The quantitative estimate of drug-likeness (QED) is 0.911. The van der Waals surface area contributed by atoms with E-state index < -0.39 is 0 Å². The normalized spacial score (nSPS) is 12.3. The van der Waals surface area contributed by atoms with Gasteiger partial charge < -0.3 is 5.32 Å². The minimum Gasteiger partial charge on any atom is -0.361 e. The molecule has 0 aliphatic carbocycles. The third kappa shape index (κ3) is 3.04. The lowest BCUT2D eigenvalue weighted by Gasteiger charge is -2.18.